The molecule has 0 spiro atoms. The average Bonchev–Trinajstić information content (AvgIpc) is 2.70. The highest BCUT2D eigenvalue weighted by atomic mass is 16.4. The predicted octanol–water partition coefficient (Wildman–Crippen LogP) is 3.11. The van der Waals surface area contributed by atoms with Crippen molar-refractivity contribution in [1.82, 2.24) is 4.90 Å². The second-order valence-corrected chi connectivity index (χ2v) is 7.17. The number of anilines is 1. The second kappa shape index (κ2) is 8.69. The van der Waals surface area contributed by atoms with Gasteiger partial charge in [0.15, 0.2) is 0 Å². The van der Waals surface area contributed by atoms with Gasteiger partial charge in [0.2, 0.25) is 11.8 Å². The van der Waals surface area contributed by atoms with Gasteiger partial charge in [0.05, 0.1) is 17.9 Å². The van der Waals surface area contributed by atoms with Crippen LogP contribution in [-0.2, 0) is 16.0 Å². The summed E-state index contributed by atoms with van der Waals surface area (Å²) >= 11 is 0. The number of carbonyl (C=O) groups is 3. The van der Waals surface area contributed by atoms with Crippen molar-refractivity contribution in [3.8, 4) is 0 Å². The Kier molecular flexibility index (Phi) is 6.09. The van der Waals surface area contributed by atoms with Gasteiger partial charge in [0.25, 0.3) is 0 Å². The molecule has 2 amide bonds. The van der Waals surface area contributed by atoms with Crippen molar-refractivity contribution >= 4 is 23.5 Å². The molecule has 1 fully saturated rings. The number of hydrogen-bond acceptors (Lipinski definition) is 3. The summed E-state index contributed by atoms with van der Waals surface area (Å²) in [6.45, 7) is 2.86. The van der Waals surface area contributed by atoms with Crippen LogP contribution in [0.15, 0.2) is 48.5 Å². The summed E-state index contributed by atoms with van der Waals surface area (Å²) < 4.78 is 0. The third-order valence-corrected chi connectivity index (χ3v) is 5.09. The molecular weight excluding hydrogens is 356 g/mol. The molecule has 1 heterocycles. The summed E-state index contributed by atoms with van der Waals surface area (Å²) in [5, 5.41) is 12.0. The maximum Gasteiger partial charge on any atom is 0.335 e. The Morgan fingerprint density at radius 1 is 1.14 bits per heavy atom. The SMILES string of the molecule is Cc1ccc(C(=O)O)cc1NC(=O)C1CCCN(C(=O)Cc2ccccc2)C1. The first-order valence-corrected chi connectivity index (χ1v) is 9.40. The Bertz CT molecular complexity index is 879. The lowest BCUT2D eigenvalue weighted by atomic mass is 9.96. The van der Waals surface area contributed by atoms with Crippen molar-refractivity contribution in [2.24, 2.45) is 5.92 Å². The summed E-state index contributed by atoms with van der Waals surface area (Å²) in [6.07, 6.45) is 1.81. The monoisotopic (exact) mass is 380 g/mol. The van der Waals surface area contributed by atoms with Crippen molar-refractivity contribution in [2.75, 3.05) is 18.4 Å². The normalized spacial score (nSPS) is 16.5. The maximum absolute atomic E-state index is 12.7. The number of rotatable bonds is 5. The lowest BCUT2D eigenvalue weighted by molar-refractivity contribution is -0.133. The number of amides is 2. The zero-order valence-electron chi connectivity index (χ0n) is 15.9. The van der Waals surface area contributed by atoms with Crippen LogP contribution in [0.1, 0.15) is 34.3 Å². The highest BCUT2D eigenvalue weighted by Crippen LogP contribution is 2.22. The fourth-order valence-electron chi connectivity index (χ4n) is 3.42. The van der Waals surface area contributed by atoms with E-state index in [1.807, 2.05) is 37.3 Å². The van der Waals surface area contributed by atoms with E-state index in [0.29, 0.717) is 31.6 Å². The number of nitrogens with one attached hydrogen (secondary N) is 1. The van der Waals surface area contributed by atoms with Crippen molar-refractivity contribution in [1.29, 1.82) is 0 Å². The second-order valence-electron chi connectivity index (χ2n) is 7.17. The highest BCUT2D eigenvalue weighted by Gasteiger charge is 2.28. The molecule has 2 N–H and O–H groups in total. The Hall–Kier alpha value is -3.15. The minimum absolute atomic E-state index is 0.0211. The number of hydrogen-bond donors (Lipinski definition) is 2. The van der Waals surface area contributed by atoms with Crippen molar-refractivity contribution in [3.05, 3.63) is 65.2 Å². The fourth-order valence-corrected chi connectivity index (χ4v) is 3.42. The van der Waals surface area contributed by atoms with Gasteiger partial charge in [-0.2, -0.15) is 0 Å². The van der Waals surface area contributed by atoms with Gasteiger partial charge in [-0.15, -0.1) is 0 Å². The van der Waals surface area contributed by atoms with Crippen LogP contribution in [0.5, 0.6) is 0 Å². The summed E-state index contributed by atoms with van der Waals surface area (Å²) in [5.41, 5.74) is 2.38. The molecule has 3 rings (SSSR count). The van der Waals surface area contributed by atoms with E-state index in [2.05, 4.69) is 5.32 Å². The third-order valence-electron chi connectivity index (χ3n) is 5.09. The lowest BCUT2D eigenvalue weighted by Crippen LogP contribution is -2.44. The fraction of sp³-hybridized carbons (Fsp3) is 0.318. The lowest BCUT2D eigenvalue weighted by Gasteiger charge is -2.32. The first-order chi connectivity index (χ1) is 13.4. The first-order valence-electron chi connectivity index (χ1n) is 9.40. The molecule has 28 heavy (non-hydrogen) atoms. The molecule has 0 saturated carbocycles. The van der Waals surface area contributed by atoms with E-state index < -0.39 is 5.97 Å². The Morgan fingerprint density at radius 2 is 1.89 bits per heavy atom. The van der Waals surface area contributed by atoms with Gasteiger partial charge in [0, 0.05) is 18.8 Å². The van der Waals surface area contributed by atoms with Crippen LogP contribution in [0.2, 0.25) is 0 Å². The predicted molar refractivity (Wildman–Crippen MR) is 106 cm³/mol. The number of aromatic carboxylic acids is 1. The van der Waals surface area contributed by atoms with Crippen molar-refractivity contribution in [2.45, 2.75) is 26.2 Å². The number of likely N-dealkylation sites (tertiary alicyclic amines) is 1. The summed E-state index contributed by atoms with van der Waals surface area (Å²) in [4.78, 5) is 38.2. The molecule has 6 nitrogen and oxygen atoms in total. The molecule has 0 radical (unpaired) electrons. The number of nitrogens with zero attached hydrogens (tertiary/aromatic N) is 1. The van der Waals surface area contributed by atoms with E-state index in [-0.39, 0.29) is 23.3 Å². The van der Waals surface area contributed by atoms with Crippen LogP contribution in [0, 0.1) is 12.8 Å². The van der Waals surface area contributed by atoms with E-state index in [4.69, 9.17) is 5.11 Å². The largest absolute Gasteiger partial charge is 0.478 e. The molecule has 146 valence electrons. The first kappa shape index (κ1) is 19.6. The van der Waals surface area contributed by atoms with E-state index in [1.54, 1.807) is 11.0 Å². The quantitative estimate of drug-likeness (QED) is 0.834. The molecule has 6 heteroatoms. The van der Waals surface area contributed by atoms with Crippen LogP contribution in [0.4, 0.5) is 5.69 Å². The van der Waals surface area contributed by atoms with E-state index in [9.17, 15) is 14.4 Å². The summed E-state index contributed by atoms with van der Waals surface area (Å²) in [5.74, 6) is -1.50. The van der Waals surface area contributed by atoms with Crippen molar-refractivity contribution in [3.63, 3.8) is 0 Å². The Balaban J connectivity index is 1.64. The number of benzene rings is 2. The van der Waals surface area contributed by atoms with Gasteiger partial charge in [0.1, 0.15) is 0 Å². The van der Waals surface area contributed by atoms with Crippen LogP contribution >= 0.6 is 0 Å². The number of carboxylic acids is 1. The van der Waals surface area contributed by atoms with Gasteiger partial charge in [-0.3, -0.25) is 9.59 Å². The molecular formula is C22H24N2O4. The smallest absolute Gasteiger partial charge is 0.335 e. The van der Waals surface area contributed by atoms with Crippen molar-refractivity contribution < 1.29 is 19.5 Å². The molecule has 0 aromatic heterocycles. The highest BCUT2D eigenvalue weighted by molar-refractivity contribution is 5.96. The van der Waals surface area contributed by atoms with Gasteiger partial charge in [-0.05, 0) is 43.0 Å². The molecule has 1 atom stereocenters. The minimum atomic E-state index is -1.04. The molecule has 1 aliphatic rings. The minimum Gasteiger partial charge on any atom is -0.478 e. The van der Waals surface area contributed by atoms with E-state index in [0.717, 1.165) is 17.5 Å². The standard InChI is InChI=1S/C22H24N2O4/c1-15-9-10-17(22(27)28)13-19(15)23-21(26)18-8-5-11-24(14-18)20(25)12-16-6-3-2-4-7-16/h2-4,6-7,9-10,13,18H,5,8,11-12,14H2,1H3,(H,23,26)(H,27,28). The van der Waals surface area contributed by atoms with Gasteiger partial charge < -0.3 is 15.3 Å². The van der Waals surface area contributed by atoms with Crippen LogP contribution in [0.3, 0.4) is 0 Å². The molecule has 1 aliphatic heterocycles. The number of carbonyl (C=O) groups excluding carboxylic acids is 2. The molecule has 2 aromatic rings. The maximum atomic E-state index is 12.7. The molecule has 1 unspecified atom stereocenters. The zero-order chi connectivity index (χ0) is 20.1. The van der Waals surface area contributed by atoms with Gasteiger partial charge in [-0.1, -0.05) is 36.4 Å². The topological polar surface area (TPSA) is 86.7 Å². The van der Waals surface area contributed by atoms with E-state index >= 15 is 0 Å². The summed E-state index contributed by atoms with van der Waals surface area (Å²) in [6, 6.07) is 14.2. The average molecular weight is 380 g/mol. The van der Waals surface area contributed by atoms with Crippen LogP contribution in [-0.4, -0.2) is 40.9 Å². The molecule has 0 bridgehead atoms. The summed E-state index contributed by atoms with van der Waals surface area (Å²) in [7, 11) is 0. The number of aryl methyl sites for hydroxylation is 1. The molecule has 0 aliphatic carbocycles. The molecule has 1 saturated heterocycles. The van der Waals surface area contributed by atoms with Crippen LogP contribution < -0.4 is 5.32 Å². The molecule has 2 aromatic carbocycles. The number of carboxylic acid groups (broad SMARTS) is 1. The third kappa shape index (κ3) is 4.76. The number of piperidine rings is 1. The van der Waals surface area contributed by atoms with E-state index in [1.165, 1.54) is 12.1 Å². The Morgan fingerprint density at radius 3 is 2.61 bits per heavy atom. The Labute approximate surface area is 164 Å². The zero-order valence-corrected chi connectivity index (χ0v) is 15.9. The van der Waals surface area contributed by atoms with Crippen LogP contribution in [0.25, 0.3) is 0 Å². The van der Waals surface area contributed by atoms with Gasteiger partial charge in [-0.25, -0.2) is 4.79 Å². The van der Waals surface area contributed by atoms with Gasteiger partial charge >= 0.3 is 5.97 Å².